The van der Waals surface area contributed by atoms with Crippen LogP contribution in [0.1, 0.15) is 6.42 Å². The van der Waals surface area contributed by atoms with E-state index in [0.29, 0.717) is 17.1 Å². The predicted octanol–water partition coefficient (Wildman–Crippen LogP) is 2.70. The molecule has 2 N–H and O–H groups in total. The highest BCUT2D eigenvalue weighted by atomic mass is 32.2. The number of methoxy groups -OCH3 is 1. The molecular formula is C17H16N2O3S. The number of carbonyl (C=O) groups excluding carboxylic acids is 2. The molecule has 2 aromatic carbocycles. The zero-order chi connectivity index (χ0) is 16.4. The molecule has 0 spiro atoms. The number of rotatable bonds is 4. The van der Waals surface area contributed by atoms with E-state index in [2.05, 4.69) is 0 Å². The maximum absolute atomic E-state index is 12.7. The standard InChI is InChI=1S/C17H16N2O3S/c1-22-14-8-3-2-7-13(14)19-16(20)10-15(17(19)21)23-12-6-4-5-11(18)9-12/h2-9,15H,10,18H2,1H3/t15-/m0/s1. The van der Waals surface area contributed by atoms with Gasteiger partial charge in [0.2, 0.25) is 11.8 Å². The Morgan fingerprint density at radius 2 is 1.96 bits per heavy atom. The van der Waals surface area contributed by atoms with Crippen molar-refractivity contribution in [3.63, 3.8) is 0 Å². The maximum atomic E-state index is 12.7. The van der Waals surface area contributed by atoms with E-state index in [-0.39, 0.29) is 18.2 Å². The van der Waals surface area contributed by atoms with Crippen LogP contribution in [0.5, 0.6) is 5.75 Å². The fourth-order valence-corrected chi connectivity index (χ4v) is 3.64. The number of para-hydroxylation sites is 2. The number of nitrogens with two attached hydrogens (primary N) is 1. The molecule has 23 heavy (non-hydrogen) atoms. The molecular weight excluding hydrogens is 312 g/mol. The van der Waals surface area contributed by atoms with E-state index in [1.54, 1.807) is 36.4 Å². The van der Waals surface area contributed by atoms with Crippen LogP contribution in [0, 0.1) is 0 Å². The van der Waals surface area contributed by atoms with Crippen LogP contribution >= 0.6 is 11.8 Å². The van der Waals surface area contributed by atoms with Crippen molar-refractivity contribution in [1.82, 2.24) is 0 Å². The molecule has 1 saturated heterocycles. The lowest BCUT2D eigenvalue weighted by Crippen LogP contribution is -2.31. The Balaban J connectivity index is 1.85. The summed E-state index contributed by atoms with van der Waals surface area (Å²) in [4.78, 5) is 27.1. The van der Waals surface area contributed by atoms with Gasteiger partial charge in [-0.25, -0.2) is 4.90 Å². The highest BCUT2D eigenvalue weighted by molar-refractivity contribution is 8.00. The number of benzene rings is 2. The third-order valence-electron chi connectivity index (χ3n) is 3.57. The van der Waals surface area contributed by atoms with Gasteiger partial charge in [0.25, 0.3) is 0 Å². The van der Waals surface area contributed by atoms with E-state index in [9.17, 15) is 9.59 Å². The first kappa shape index (κ1) is 15.4. The van der Waals surface area contributed by atoms with Crippen molar-refractivity contribution in [3.8, 4) is 5.75 Å². The second-order valence-corrected chi connectivity index (χ2v) is 6.40. The van der Waals surface area contributed by atoms with E-state index in [4.69, 9.17) is 10.5 Å². The molecule has 0 bridgehead atoms. The van der Waals surface area contributed by atoms with Gasteiger partial charge in [-0.15, -0.1) is 11.8 Å². The lowest BCUT2D eigenvalue weighted by molar-refractivity contribution is -0.121. The van der Waals surface area contributed by atoms with Gasteiger partial charge in [-0.1, -0.05) is 18.2 Å². The quantitative estimate of drug-likeness (QED) is 0.690. The molecule has 1 fully saturated rings. The second-order valence-electron chi connectivity index (χ2n) is 5.12. The molecule has 1 aliphatic heterocycles. The Morgan fingerprint density at radius 3 is 2.70 bits per heavy atom. The van der Waals surface area contributed by atoms with Crippen molar-refractivity contribution in [2.24, 2.45) is 0 Å². The van der Waals surface area contributed by atoms with E-state index in [1.165, 1.54) is 23.8 Å². The Hall–Kier alpha value is -2.47. The number of hydrogen-bond donors (Lipinski definition) is 1. The van der Waals surface area contributed by atoms with Crippen LogP contribution in [-0.2, 0) is 9.59 Å². The molecule has 0 aromatic heterocycles. The highest BCUT2D eigenvalue weighted by Crippen LogP contribution is 2.37. The van der Waals surface area contributed by atoms with Gasteiger partial charge in [-0.3, -0.25) is 9.59 Å². The zero-order valence-corrected chi connectivity index (χ0v) is 13.4. The summed E-state index contributed by atoms with van der Waals surface area (Å²) in [6, 6.07) is 14.3. The average Bonchev–Trinajstić information content (AvgIpc) is 2.81. The minimum atomic E-state index is -0.450. The second kappa shape index (κ2) is 6.34. The number of carbonyl (C=O) groups is 2. The Kier molecular flexibility index (Phi) is 4.25. The molecule has 1 heterocycles. The molecule has 0 unspecified atom stereocenters. The van der Waals surface area contributed by atoms with Crippen LogP contribution in [0.2, 0.25) is 0 Å². The van der Waals surface area contributed by atoms with E-state index in [0.717, 1.165) is 4.90 Å². The third kappa shape index (κ3) is 3.03. The van der Waals surface area contributed by atoms with Gasteiger partial charge in [-0.2, -0.15) is 0 Å². The smallest absolute Gasteiger partial charge is 0.247 e. The largest absolute Gasteiger partial charge is 0.495 e. The van der Waals surface area contributed by atoms with Gasteiger partial charge in [-0.05, 0) is 30.3 Å². The molecule has 3 rings (SSSR count). The molecule has 2 aromatic rings. The SMILES string of the molecule is COc1ccccc1N1C(=O)C[C@H](Sc2cccc(N)c2)C1=O. The van der Waals surface area contributed by atoms with Crippen molar-refractivity contribution in [1.29, 1.82) is 0 Å². The van der Waals surface area contributed by atoms with Crippen LogP contribution in [0.3, 0.4) is 0 Å². The first-order chi connectivity index (χ1) is 11.1. The predicted molar refractivity (Wildman–Crippen MR) is 90.6 cm³/mol. The fourth-order valence-electron chi connectivity index (χ4n) is 2.52. The molecule has 5 nitrogen and oxygen atoms in total. The molecule has 0 saturated carbocycles. The molecule has 1 aliphatic rings. The highest BCUT2D eigenvalue weighted by Gasteiger charge is 2.41. The number of amides is 2. The zero-order valence-electron chi connectivity index (χ0n) is 12.6. The van der Waals surface area contributed by atoms with Crippen molar-refractivity contribution in [2.75, 3.05) is 17.7 Å². The van der Waals surface area contributed by atoms with Crippen molar-refractivity contribution in [3.05, 3.63) is 48.5 Å². The third-order valence-corrected chi connectivity index (χ3v) is 4.75. The molecule has 0 radical (unpaired) electrons. The lowest BCUT2D eigenvalue weighted by Gasteiger charge is -2.17. The van der Waals surface area contributed by atoms with Crippen LogP contribution in [0.25, 0.3) is 0 Å². The number of hydrogen-bond acceptors (Lipinski definition) is 5. The first-order valence-corrected chi connectivity index (χ1v) is 8.00. The van der Waals surface area contributed by atoms with Gasteiger partial charge in [0.15, 0.2) is 0 Å². The summed E-state index contributed by atoms with van der Waals surface area (Å²) < 4.78 is 5.25. The molecule has 6 heteroatoms. The molecule has 118 valence electrons. The van der Waals surface area contributed by atoms with Crippen LogP contribution in [-0.4, -0.2) is 24.2 Å². The van der Waals surface area contributed by atoms with Gasteiger partial charge in [0.1, 0.15) is 5.75 Å². The summed E-state index contributed by atoms with van der Waals surface area (Å²) in [5.41, 5.74) is 6.88. The lowest BCUT2D eigenvalue weighted by atomic mass is 10.2. The van der Waals surface area contributed by atoms with Gasteiger partial charge < -0.3 is 10.5 Å². The van der Waals surface area contributed by atoms with Crippen molar-refractivity contribution < 1.29 is 14.3 Å². The number of ether oxygens (including phenoxy) is 1. The number of nitrogen functional groups attached to an aromatic ring is 1. The fraction of sp³-hybridized carbons (Fsp3) is 0.176. The normalized spacial score (nSPS) is 17.6. The van der Waals surface area contributed by atoms with Crippen LogP contribution < -0.4 is 15.4 Å². The van der Waals surface area contributed by atoms with Gasteiger partial charge in [0.05, 0.1) is 18.0 Å². The van der Waals surface area contributed by atoms with Crippen molar-refractivity contribution >= 4 is 35.0 Å². The first-order valence-electron chi connectivity index (χ1n) is 7.12. The number of imide groups is 1. The Morgan fingerprint density at radius 1 is 1.17 bits per heavy atom. The van der Waals surface area contributed by atoms with Gasteiger partial charge in [0, 0.05) is 17.0 Å². The summed E-state index contributed by atoms with van der Waals surface area (Å²) in [6.45, 7) is 0. The monoisotopic (exact) mass is 328 g/mol. The summed E-state index contributed by atoms with van der Waals surface area (Å²) in [7, 11) is 1.52. The minimum absolute atomic E-state index is 0.163. The topological polar surface area (TPSA) is 72.6 Å². The molecule has 2 amide bonds. The number of anilines is 2. The summed E-state index contributed by atoms with van der Waals surface area (Å²) >= 11 is 1.36. The minimum Gasteiger partial charge on any atom is -0.495 e. The van der Waals surface area contributed by atoms with E-state index < -0.39 is 5.25 Å². The number of thioether (sulfide) groups is 1. The molecule has 1 atom stereocenters. The average molecular weight is 328 g/mol. The summed E-state index contributed by atoms with van der Waals surface area (Å²) in [5.74, 6) is 0.0524. The maximum Gasteiger partial charge on any atom is 0.247 e. The van der Waals surface area contributed by atoms with E-state index in [1.807, 2.05) is 12.1 Å². The van der Waals surface area contributed by atoms with Crippen molar-refractivity contribution in [2.45, 2.75) is 16.6 Å². The van der Waals surface area contributed by atoms with Gasteiger partial charge >= 0.3 is 0 Å². The Labute approximate surface area is 138 Å². The van der Waals surface area contributed by atoms with E-state index >= 15 is 0 Å². The van der Waals surface area contributed by atoms with Crippen LogP contribution in [0.15, 0.2) is 53.4 Å². The van der Waals surface area contributed by atoms with Crippen LogP contribution in [0.4, 0.5) is 11.4 Å². The summed E-state index contributed by atoms with van der Waals surface area (Å²) in [6.07, 6.45) is 0.163. The Bertz CT molecular complexity index is 763. The number of nitrogens with zero attached hydrogens (tertiary/aromatic N) is 1. The summed E-state index contributed by atoms with van der Waals surface area (Å²) in [5, 5.41) is -0.450. The molecule has 0 aliphatic carbocycles.